The zero-order chi connectivity index (χ0) is 20.5. The number of benzene rings is 2. The van der Waals surface area contributed by atoms with Gasteiger partial charge in [-0.2, -0.15) is 0 Å². The van der Waals surface area contributed by atoms with Crippen LogP contribution in [0.2, 0.25) is 0 Å². The first-order valence-electron chi connectivity index (χ1n) is 10.3. The number of ether oxygens (including phenoxy) is 2. The zero-order valence-corrected chi connectivity index (χ0v) is 17.0. The molecule has 1 aliphatic carbocycles. The highest BCUT2D eigenvalue weighted by atomic mass is 16.7. The van der Waals surface area contributed by atoms with Crippen LogP contribution in [0.4, 0.5) is 5.69 Å². The second kappa shape index (κ2) is 6.08. The molecular weight excluding hydrogens is 376 g/mol. The minimum atomic E-state index is -0.140. The molecule has 5 nitrogen and oxygen atoms in total. The van der Waals surface area contributed by atoms with Crippen LogP contribution in [0.5, 0.6) is 11.5 Å². The van der Waals surface area contributed by atoms with E-state index in [0.29, 0.717) is 6.42 Å². The number of fused-ring (bicyclic) bond motifs is 4. The van der Waals surface area contributed by atoms with Crippen molar-refractivity contribution in [2.24, 2.45) is 5.41 Å². The first-order chi connectivity index (χ1) is 14.5. The summed E-state index contributed by atoms with van der Waals surface area (Å²) in [4.78, 5) is 17.9. The number of nitrogens with one attached hydrogen (secondary N) is 1. The predicted octanol–water partition coefficient (Wildman–Crippen LogP) is 5.16. The van der Waals surface area contributed by atoms with Gasteiger partial charge >= 0.3 is 0 Å². The molecule has 3 aliphatic rings. The zero-order valence-electron chi connectivity index (χ0n) is 17.0. The Morgan fingerprint density at radius 3 is 2.83 bits per heavy atom. The summed E-state index contributed by atoms with van der Waals surface area (Å²) in [5, 5.41) is 4.72. The van der Waals surface area contributed by atoms with Crippen molar-refractivity contribution < 1.29 is 14.3 Å². The summed E-state index contributed by atoms with van der Waals surface area (Å²) >= 11 is 0. The second-order valence-corrected chi connectivity index (χ2v) is 9.10. The average molecular weight is 398 g/mol. The van der Waals surface area contributed by atoms with Gasteiger partial charge in [-0.25, -0.2) is 0 Å². The van der Waals surface area contributed by atoms with Gasteiger partial charge in [0.1, 0.15) is 0 Å². The van der Waals surface area contributed by atoms with Crippen LogP contribution in [0.15, 0.2) is 59.9 Å². The molecule has 0 spiro atoms. The molecule has 1 atom stereocenters. The molecule has 30 heavy (non-hydrogen) atoms. The van der Waals surface area contributed by atoms with Gasteiger partial charge in [0.25, 0.3) is 0 Å². The first-order valence-corrected chi connectivity index (χ1v) is 10.3. The number of pyridine rings is 1. The molecule has 3 aromatic rings. The fourth-order valence-electron chi connectivity index (χ4n) is 5.08. The molecule has 0 radical (unpaired) electrons. The lowest BCUT2D eigenvalue weighted by Gasteiger charge is -2.39. The highest BCUT2D eigenvalue weighted by Gasteiger charge is 2.41. The third-order valence-corrected chi connectivity index (χ3v) is 6.34. The van der Waals surface area contributed by atoms with Crippen molar-refractivity contribution in [2.45, 2.75) is 32.6 Å². The Kier molecular flexibility index (Phi) is 3.55. The number of nitrogens with zero attached hydrogens (tertiary/aromatic N) is 1. The highest BCUT2D eigenvalue weighted by Crippen LogP contribution is 2.51. The molecular formula is C25H22N2O3. The number of carbonyl (C=O) groups is 1. The Morgan fingerprint density at radius 2 is 1.93 bits per heavy atom. The van der Waals surface area contributed by atoms with Gasteiger partial charge in [0.15, 0.2) is 17.3 Å². The fourth-order valence-corrected chi connectivity index (χ4v) is 5.08. The molecule has 2 aromatic carbocycles. The minimum Gasteiger partial charge on any atom is -0.454 e. The van der Waals surface area contributed by atoms with Gasteiger partial charge in [0.2, 0.25) is 6.79 Å². The van der Waals surface area contributed by atoms with Crippen LogP contribution in [0.3, 0.4) is 0 Å². The normalized spacial score (nSPS) is 21.3. The number of hydrogen-bond acceptors (Lipinski definition) is 5. The highest BCUT2D eigenvalue weighted by molar-refractivity contribution is 6.04. The molecule has 2 aliphatic heterocycles. The molecule has 0 saturated heterocycles. The summed E-state index contributed by atoms with van der Waals surface area (Å²) in [7, 11) is 0. The smallest absolute Gasteiger partial charge is 0.231 e. The molecule has 1 N–H and O–H groups in total. The van der Waals surface area contributed by atoms with E-state index in [1.54, 1.807) is 0 Å². The maximum atomic E-state index is 13.4. The van der Waals surface area contributed by atoms with Crippen LogP contribution in [0.25, 0.3) is 10.9 Å². The maximum Gasteiger partial charge on any atom is 0.231 e. The van der Waals surface area contributed by atoms with Crippen LogP contribution in [0, 0.1) is 5.41 Å². The van der Waals surface area contributed by atoms with Crippen LogP contribution in [-0.4, -0.2) is 17.6 Å². The summed E-state index contributed by atoms with van der Waals surface area (Å²) in [6.07, 6.45) is 3.20. The van der Waals surface area contributed by atoms with Crippen molar-refractivity contribution in [3.05, 3.63) is 71.1 Å². The van der Waals surface area contributed by atoms with E-state index < -0.39 is 0 Å². The van der Waals surface area contributed by atoms with Crippen LogP contribution in [0.1, 0.15) is 43.7 Å². The van der Waals surface area contributed by atoms with Gasteiger partial charge in [-0.3, -0.25) is 9.78 Å². The number of allylic oxidation sites excluding steroid dienone is 2. The molecule has 150 valence electrons. The number of rotatable bonds is 1. The molecule has 0 saturated carbocycles. The molecule has 6 rings (SSSR count). The lowest BCUT2D eigenvalue weighted by molar-refractivity contribution is -0.118. The van der Waals surface area contributed by atoms with E-state index in [1.807, 2.05) is 30.5 Å². The Morgan fingerprint density at radius 1 is 1.07 bits per heavy atom. The number of Topliss-reactive ketones (excluding diaryl/α,β-unsaturated/α-hetero) is 1. The number of ketones is 1. The van der Waals surface area contributed by atoms with Gasteiger partial charge in [-0.15, -0.1) is 0 Å². The number of hydrogen-bond donors (Lipinski definition) is 1. The van der Waals surface area contributed by atoms with E-state index in [4.69, 9.17) is 9.47 Å². The van der Waals surface area contributed by atoms with Gasteiger partial charge < -0.3 is 14.8 Å². The monoisotopic (exact) mass is 398 g/mol. The van der Waals surface area contributed by atoms with Gasteiger partial charge in [0, 0.05) is 35.2 Å². The summed E-state index contributed by atoms with van der Waals surface area (Å²) in [5.41, 5.74) is 5.98. The van der Waals surface area contributed by atoms with Crippen molar-refractivity contribution in [1.82, 2.24) is 4.98 Å². The van der Waals surface area contributed by atoms with Gasteiger partial charge in [-0.1, -0.05) is 26.0 Å². The van der Waals surface area contributed by atoms with Crippen molar-refractivity contribution >= 4 is 22.4 Å². The molecule has 0 amide bonds. The number of aromatic nitrogens is 1. The third-order valence-electron chi connectivity index (χ3n) is 6.34. The molecule has 0 bridgehead atoms. The third kappa shape index (κ3) is 2.54. The fraction of sp³-hybridized carbons (Fsp3) is 0.280. The van der Waals surface area contributed by atoms with E-state index in [1.165, 1.54) is 0 Å². The lowest BCUT2D eigenvalue weighted by Crippen LogP contribution is -2.33. The lowest BCUT2D eigenvalue weighted by atomic mass is 9.68. The first kappa shape index (κ1) is 17.5. The summed E-state index contributed by atoms with van der Waals surface area (Å²) < 4.78 is 11.1. The Labute approximate surface area is 174 Å². The summed E-state index contributed by atoms with van der Waals surface area (Å²) in [6, 6.07) is 14.2. The van der Waals surface area contributed by atoms with E-state index >= 15 is 0 Å². The van der Waals surface area contributed by atoms with Crippen molar-refractivity contribution in [3.8, 4) is 11.5 Å². The van der Waals surface area contributed by atoms with Gasteiger partial charge in [0.05, 0.1) is 11.2 Å². The van der Waals surface area contributed by atoms with E-state index in [2.05, 4.69) is 42.3 Å². The van der Waals surface area contributed by atoms with Crippen LogP contribution < -0.4 is 14.8 Å². The van der Waals surface area contributed by atoms with Gasteiger partial charge in [-0.05, 0) is 53.3 Å². The summed E-state index contributed by atoms with van der Waals surface area (Å²) in [5.74, 6) is 1.56. The quantitative estimate of drug-likeness (QED) is 0.613. The molecule has 0 unspecified atom stereocenters. The number of anilines is 1. The molecule has 3 heterocycles. The SMILES string of the molecule is CC1(C)CC(=O)C2=C(C1)Nc1c(ccc3ncccc13)[C@@H]2c1ccc2c(c1)OCO2. The Hall–Kier alpha value is -3.34. The van der Waals surface area contributed by atoms with Crippen molar-refractivity contribution in [1.29, 1.82) is 0 Å². The summed E-state index contributed by atoms with van der Waals surface area (Å²) in [6.45, 7) is 4.55. The predicted molar refractivity (Wildman–Crippen MR) is 115 cm³/mol. The standard InChI is InChI=1S/C25H22N2O3/c1-25(2)11-18-23(19(28)12-25)22(14-5-8-20-21(10-14)30-13-29-20)16-6-7-17-15(24(16)27-18)4-3-9-26-17/h3-10,22,27H,11-13H2,1-2H3/t22-/m0/s1. The van der Waals surface area contributed by atoms with E-state index in [0.717, 1.165) is 56.9 Å². The van der Waals surface area contributed by atoms with Crippen LogP contribution >= 0.6 is 0 Å². The van der Waals surface area contributed by atoms with Crippen molar-refractivity contribution in [3.63, 3.8) is 0 Å². The van der Waals surface area contributed by atoms with E-state index in [-0.39, 0.29) is 23.9 Å². The minimum absolute atomic E-state index is 0.0668. The Bertz CT molecular complexity index is 1260. The molecule has 5 heteroatoms. The molecule has 1 aromatic heterocycles. The topological polar surface area (TPSA) is 60.5 Å². The van der Waals surface area contributed by atoms with Crippen LogP contribution in [-0.2, 0) is 4.79 Å². The molecule has 0 fully saturated rings. The largest absolute Gasteiger partial charge is 0.454 e. The van der Waals surface area contributed by atoms with E-state index in [9.17, 15) is 4.79 Å². The average Bonchev–Trinajstić information content (AvgIpc) is 3.19. The maximum absolute atomic E-state index is 13.4. The van der Waals surface area contributed by atoms with Crippen molar-refractivity contribution in [2.75, 3.05) is 12.1 Å². The second-order valence-electron chi connectivity index (χ2n) is 9.10. The number of carbonyl (C=O) groups excluding carboxylic acids is 1. The Balaban J connectivity index is 1.61.